The van der Waals surface area contributed by atoms with E-state index in [1.165, 1.54) is 19.3 Å². The van der Waals surface area contributed by atoms with Crippen molar-refractivity contribution >= 4 is 38.5 Å². The Hall–Kier alpha value is -2.51. The summed E-state index contributed by atoms with van der Waals surface area (Å²) < 4.78 is 31.9. The van der Waals surface area contributed by atoms with E-state index in [-0.39, 0.29) is 21.6 Å². The predicted octanol–water partition coefficient (Wildman–Crippen LogP) is 1.47. The Morgan fingerprint density at radius 1 is 1.59 bits per heavy atom. The molecule has 1 amide bonds. The van der Waals surface area contributed by atoms with Crippen molar-refractivity contribution < 1.29 is 17.6 Å². The zero-order chi connectivity index (χ0) is 16.2. The molecule has 0 fully saturated rings. The first kappa shape index (κ1) is 15.9. The van der Waals surface area contributed by atoms with Gasteiger partial charge in [-0.3, -0.25) is 10.1 Å². The second-order valence-corrected chi connectivity index (χ2v) is 6.85. The van der Waals surface area contributed by atoms with Gasteiger partial charge in [-0.1, -0.05) is 6.92 Å². The summed E-state index contributed by atoms with van der Waals surface area (Å²) in [7, 11) is -3.54. The molecule has 10 heteroatoms. The molecule has 0 unspecified atom stereocenters. The lowest BCUT2D eigenvalue weighted by Gasteiger charge is -1.98. The van der Waals surface area contributed by atoms with Crippen molar-refractivity contribution in [2.75, 3.05) is 11.1 Å². The molecule has 0 aliphatic carbocycles. The molecule has 0 atom stereocenters. The van der Waals surface area contributed by atoms with Gasteiger partial charge in [-0.05, 0) is 12.1 Å². The maximum absolute atomic E-state index is 11.9. The number of sulfone groups is 1. The van der Waals surface area contributed by atoms with Crippen molar-refractivity contribution in [3.8, 4) is 6.07 Å². The molecule has 0 aromatic carbocycles. The van der Waals surface area contributed by atoms with Gasteiger partial charge in [-0.15, -0.1) is 0 Å². The molecule has 8 nitrogen and oxygen atoms in total. The van der Waals surface area contributed by atoms with Crippen LogP contribution in [0.25, 0.3) is 6.08 Å². The molecule has 0 aliphatic heterocycles. The summed E-state index contributed by atoms with van der Waals surface area (Å²) in [4.78, 5) is 15.7. The van der Waals surface area contributed by atoms with Gasteiger partial charge in [-0.25, -0.2) is 8.42 Å². The normalized spacial score (nSPS) is 11.9. The lowest BCUT2D eigenvalue weighted by atomic mass is 10.2. The first-order chi connectivity index (χ1) is 10.5. The average molecular weight is 338 g/mol. The second kappa shape index (κ2) is 6.50. The Morgan fingerprint density at radius 2 is 2.36 bits per heavy atom. The molecule has 1 N–H and O–H groups in total. The van der Waals surface area contributed by atoms with Gasteiger partial charge < -0.3 is 4.42 Å². The number of nitriles is 1. The van der Waals surface area contributed by atoms with Crippen LogP contribution in [0.1, 0.15) is 12.7 Å². The number of hydrogen-bond acceptors (Lipinski definition) is 8. The van der Waals surface area contributed by atoms with Crippen molar-refractivity contribution in [3.05, 3.63) is 29.7 Å². The van der Waals surface area contributed by atoms with Gasteiger partial charge in [0.15, 0.2) is 0 Å². The molecule has 0 bridgehead atoms. The molecule has 22 heavy (non-hydrogen) atoms. The van der Waals surface area contributed by atoms with Crippen molar-refractivity contribution in [1.82, 2.24) is 9.36 Å². The monoisotopic (exact) mass is 338 g/mol. The number of rotatable bonds is 5. The van der Waals surface area contributed by atoms with E-state index in [1.54, 1.807) is 18.2 Å². The average Bonchev–Trinajstić information content (AvgIpc) is 3.16. The van der Waals surface area contributed by atoms with Crippen LogP contribution >= 0.6 is 11.5 Å². The van der Waals surface area contributed by atoms with Gasteiger partial charge in [0.05, 0.1) is 12.0 Å². The topological polar surface area (TPSA) is 126 Å². The molecular formula is C12H10N4O4S2. The van der Waals surface area contributed by atoms with Crippen LogP contribution in [0.15, 0.2) is 33.5 Å². The Balaban J connectivity index is 2.17. The third-order valence-electron chi connectivity index (χ3n) is 2.48. The number of nitrogens with one attached hydrogen (secondary N) is 1. The highest BCUT2D eigenvalue weighted by atomic mass is 32.2. The van der Waals surface area contributed by atoms with Crippen molar-refractivity contribution in [2.45, 2.75) is 12.1 Å². The minimum Gasteiger partial charge on any atom is -0.465 e. The Kier molecular flexibility index (Phi) is 4.69. The quantitative estimate of drug-likeness (QED) is 0.646. The summed E-state index contributed by atoms with van der Waals surface area (Å²) in [6.07, 6.45) is 2.67. The van der Waals surface area contributed by atoms with Crippen LogP contribution in [0.4, 0.5) is 5.13 Å². The number of carbonyl (C=O) groups excluding carboxylic acids is 1. The number of amides is 1. The summed E-state index contributed by atoms with van der Waals surface area (Å²) in [5, 5.41) is 11.0. The van der Waals surface area contributed by atoms with Crippen LogP contribution in [-0.4, -0.2) is 29.4 Å². The fourth-order valence-corrected chi connectivity index (χ4v) is 2.93. The summed E-state index contributed by atoms with van der Waals surface area (Å²) in [5.41, 5.74) is -0.204. The molecule has 2 aromatic heterocycles. The van der Waals surface area contributed by atoms with E-state index >= 15 is 0 Å². The number of furan rings is 1. The van der Waals surface area contributed by atoms with Gasteiger partial charge in [-0.2, -0.15) is 14.6 Å². The lowest BCUT2D eigenvalue weighted by molar-refractivity contribution is -0.112. The van der Waals surface area contributed by atoms with E-state index in [2.05, 4.69) is 14.7 Å². The maximum atomic E-state index is 11.9. The largest absolute Gasteiger partial charge is 0.465 e. The molecule has 0 radical (unpaired) electrons. The number of aromatic nitrogens is 2. The van der Waals surface area contributed by atoms with Crippen molar-refractivity contribution in [1.29, 1.82) is 5.26 Å². The third-order valence-corrected chi connectivity index (χ3v) is 4.73. The number of nitrogens with zero attached hydrogens (tertiary/aromatic N) is 3. The van der Waals surface area contributed by atoms with Gasteiger partial charge in [0.1, 0.15) is 17.4 Å². The van der Waals surface area contributed by atoms with Crippen LogP contribution < -0.4 is 5.32 Å². The van der Waals surface area contributed by atoms with E-state index < -0.39 is 15.7 Å². The highest BCUT2D eigenvalue weighted by Crippen LogP contribution is 2.17. The predicted molar refractivity (Wildman–Crippen MR) is 78.6 cm³/mol. The smallest absolute Gasteiger partial charge is 0.268 e. The Labute approximate surface area is 130 Å². The summed E-state index contributed by atoms with van der Waals surface area (Å²) in [5.74, 6) is -0.521. The first-order valence-electron chi connectivity index (χ1n) is 5.99. The zero-order valence-electron chi connectivity index (χ0n) is 11.3. The second-order valence-electron chi connectivity index (χ2n) is 3.92. The molecule has 2 aromatic rings. The summed E-state index contributed by atoms with van der Waals surface area (Å²) in [6.45, 7) is 1.47. The van der Waals surface area contributed by atoms with Crippen LogP contribution in [0.5, 0.6) is 0 Å². The van der Waals surface area contributed by atoms with Crippen molar-refractivity contribution in [2.24, 2.45) is 0 Å². The fraction of sp³-hybridized carbons (Fsp3) is 0.167. The molecule has 114 valence electrons. The molecule has 2 rings (SSSR count). The van der Waals surface area contributed by atoms with Crippen molar-refractivity contribution in [3.63, 3.8) is 0 Å². The fourth-order valence-electron chi connectivity index (χ4n) is 1.34. The van der Waals surface area contributed by atoms with Gasteiger partial charge >= 0.3 is 0 Å². The molecule has 0 saturated heterocycles. The van der Waals surface area contributed by atoms with Crippen LogP contribution in [-0.2, 0) is 14.6 Å². The standard InChI is InChI=1S/C12H10N4O4S2/c1-2-22(18,19)12-15-11(21-16-12)14-10(17)8(7-13)6-9-4-3-5-20-9/h3-6H,2H2,1H3,(H,14,15,16,17)/b8-6-. The minimum absolute atomic E-state index is 0.00220. The van der Waals surface area contributed by atoms with Crippen LogP contribution in [0, 0.1) is 11.3 Å². The third kappa shape index (κ3) is 3.57. The number of hydrogen-bond donors (Lipinski definition) is 1. The first-order valence-corrected chi connectivity index (χ1v) is 8.42. The van der Waals surface area contributed by atoms with Gasteiger partial charge in [0.25, 0.3) is 11.1 Å². The van der Waals surface area contributed by atoms with E-state index in [0.29, 0.717) is 5.76 Å². The van der Waals surface area contributed by atoms with Crippen LogP contribution in [0.3, 0.4) is 0 Å². The maximum Gasteiger partial charge on any atom is 0.268 e. The lowest BCUT2D eigenvalue weighted by Crippen LogP contribution is -2.13. The number of carbonyl (C=O) groups is 1. The van der Waals surface area contributed by atoms with Gasteiger partial charge in [0.2, 0.25) is 15.0 Å². The number of anilines is 1. The molecule has 0 saturated carbocycles. The summed E-state index contributed by atoms with van der Waals surface area (Å²) >= 11 is 0.724. The SMILES string of the molecule is CCS(=O)(=O)c1nsc(NC(=O)/C(C#N)=C\c2ccco2)n1. The zero-order valence-corrected chi connectivity index (χ0v) is 12.9. The van der Waals surface area contributed by atoms with E-state index in [4.69, 9.17) is 9.68 Å². The van der Waals surface area contributed by atoms with E-state index in [1.807, 2.05) is 0 Å². The van der Waals surface area contributed by atoms with E-state index in [9.17, 15) is 13.2 Å². The van der Waals surface area contributed by atoms with E-state index in [0.717, 1.165) is 11.5 Å². The summed E-state index contributed by atoms with van der Waals surface area (Å²) in [6, 6.07) is 4.94. The molecule has 2 heterocycles. The minimum atomic E-state index is -3.54. The highest BCUT2D eigenvalue weighted by molar-refractivity contribution is 7.91. The Morgan fingerprint density at radius 3 is 2.95 bits per heavy atom. The molecule has 0 aliphatic rings. The molecule has 0 spiro atoms. The molecular weight excluding hydrogens is 328 g/mol. The van der Waals surface area contributed by atoms with Gasteiger partial charge in [0, 0.05) is 17.6 Å². The van der Waals surface area contributed by atoms with Crippen LogP contribution in [0.2, 0.25) is 0 Å². The highest BCUT2D eigenvalue weighted by Gasteiger charge is 2.20. The Bertz CT molecular complexity index is 844.